The van der Waals surface area contributed by atoms with Crippen molar-refractivity contribution in [3.8, 4) is 39.1 Å². The average Bonchev–Trinajstić information content (AvgIpc) is 3.20. The van der Waals surface area contributed by atoms with Gasteiger partial charge in [-0.2, -0.15) is 0 Å². The Labute approximate surface area is 303 Å². The summed E-state index contributed by atoms with van der Waals surface area (Å²) in [5, 5.41) is 10.0. The average molecular weight is 663 g/mol. The zero-order valence-corrected chi connectivity index (χ0v) is 28.8. The lowest BCUT2D eigenvalue weighted by molar-refractivity contribution is 0.318. The molecule has 52 heavy (non-hydrogen) atoms. The molecular formula is C51H34O. The highest BCUT2D eigenvalue weighted by molar-refractivity contribution is 6.29. The molecule has 1 heterocycles. The molecule has 0 spiro atoms. The topological polar surface area (TPSA) is 9.23 Å². The highest BCUT2D eigenvalue weighted by Crippen LogP contribution is 2.53. The Morgan fingerprint density at radius 1 is 0.442 bits per heavy atom. The van der Waals surface area contributed by atoms with Gasteiger partial charge in [-0.3, -0.25) is 0 Å². The van der Waals surface area contributed by atoms with Crippen LogP contribution < -0.4 is 4.74 Å². The fourth-order valence-electron chi connectivity index (χ4n) is 9.38. The van der Waals surface area contributed by atoms with Gasteiger partial charge in [0.1, 0.15) is 11.5 Å². The molecule has 1 aliphatic heterocycles. The maximum atomic E-state index is 6.79. The Hall–Kier alpha value is -6.44. The number of rotatable bonds is 3. The Bertz CT molecular complexity index is 2820. The molecule has 2 aliphatic carbocycles. The molecule has 0 radical (unpaired) electrons. The summed E-state index contributed by atoms with van der Waals surface area (Å²) in [4.78, 5) is 0. The van der Waals surface area contributed by atoms with Crippen LogP contribution in [0.2, 0.25) is 0 Å². The summed E-state index contributed by atoms with van der Waals surface area (Å²) >= 11 is 0. The predicted octanol–water partition coefficient (Wildman–Crippen LogP) is 13.7. The molecule has 1 heteroatoms. The molecule has 1 nitrogen and oxygen atoms in total. The van der Waals surface area contributed by atoms with E-state index in [9.17, 15) is 0 Å². The Kier molecular flexibility index (Phi) is 6.36. The van der Waals surface area contributed by atoms with Crippen molar-refractivity contribution in [1.29, 1.82) is 0 Å². The van der Waals surface area contributed by atoms with E-state index in [2.05, 4.69) is 183 Å². The number of hydrogen-bond donors (Lipinski definition) is 0. The molecule has 8 aromatic rings. The van der Waals surface area contributed by atoms with Crippen LogP contribution in [-0.4, -0.2) is 0 Å². The van der Waals surface area contributed by atoms with Gasteiger partial charge in [0.15, 0.2) is 0 Å². The van der Waals surface area contributed by atoms with Crippen molar-refractivity contribution in [2.24, 2.45) is 5.92 Å². The van der Waals surface area contributed by atoms with E-state index < -0.39 is 0 Å². The highest BCUT2D eigenvalue weighted by Gasteiger charge is 2.39. The van der Waals surface area contributed by atoms with Crippen LogP contribution in [0.15, 0.2) is 193 Å². The van der Waals surface area contributed by atoms with Crippen LogP contribution in [0, 0.1) is 5.92 Å². The van der Waals surface area contributed by atoms with Crippen molar-refractivity contribution in [3.05, 3.63) is 198 Å². The van der Waals surface area contributed by atoms with Crippen LogP contribution >= 0.6 is 0 Å². The van der Waals surface area contributed by atoms with E-state index in [4.69, 9.17) is 4.74 Å². The first kappa shape index (κ1) is 29.3. The minimum atomic E-state index is 0.243. The smallest absolute Gasteiger partial charge is 0.131 e. The lowest BCUT2D eigenvalue weighted by atomic mass is 9.71. The minimum Gasteiger partial charge on any atom is -0.461 e. The summed E-state index contributed by atoms with van der Waals surface area (Å²) in [6, 6.07) is 53.7. The van der Waals surface area contributed by atoms with Gasteiger partial charge >= 0.3 is 0 Å². The van der Waals surface area contributed by atoms with E-state index in [1.54, 1.807) is 0 Å². The van der Waals surface area contributed by atoms with Gasteiger partial charge in [0.2, 0.25) is 0 Å². The van der Waals surface area contributed by atoms with Crippen molar-refractivity contribution in [2.45, 2.75) is 12.8 Å². The number of fused-ring (bicyclic) bond motifs is 6. The van der Waals surface area contributed by atoms with Gasteiger partial charge in [-0.25, -0.2) is 0 Å². The molecular weight excluding hydrogens is 629 g/mol. The zero-order valence-electron chi connectivity index (χ0n) is 28.8. The summed E-state index contributed by atoms with van der Waals surface area (Å²) < 4.78 is 6.79. The van der Waals surface area contributed by atoms with Crippen LogP contribution in [0.3, 0.4) is 0 Å². The van der Waals surface area contributed by atoms with Crippen LogP contribution in [0.25, 0.3) is 76.5 Å². The molecule has 2 atom stereocenters. The molecule has 0 aromatic heterocycles. The zero-order chi connectivity index (χ0) is 34.3. The highest BCUT2D eigenvalue weighted by atomic mass is 16.5. The second kappa shape index (κ2) is 11.3. The fourth-order valence-corrected chi connectivity index (χ4v) is 9.38. The number of allylic oxidation sites excluding steroid dienone is 7. The first-order valence-electron chi connectivity index (χ1n) is 18.3. The quantitative estimate of drug-likeness (QED) is 0.171. The van der Waals surface area contributed by atoms with E-state index in [0.29, 0.717) is 0 Å². The third kappa shape index (κ3) is 4.17. The SMILES string of the molecule is CC1=CC=C2Oc3cc(-c4c5ccccc5c(-c5c6ccccc6c(-c6ccccc6)c6ccccc56)c5ccccc45)ccc3C3C=CC=C1C23. The van der Waals surface area contributed by atoms with Gasteiger partial charge in [0.25, 0.3) is 0 Å². The van der Waals surface area contributed by atoms with Gasteiger partial charge in [-0.1, -0.05) is 164 Å². The Balaban J connectivity index is 1.20. The molecule has 8 aromatic carbocycles. The van der Waals surface area contributed by atoms with Gasteiger partial charge < -0.3 is 4.74 Å². The van der Waals surface area contributed by atoms with Crippen molar-refractivity contribution in [1.82, 2.24) is 0 Å². The monoisotopic (exact) mass is 662 g/mol. The lowest BCUT2D eigenvalue weighted by Crippen LogP contribution is -2.28. The van der Waals surface area contributed by atoms with E-state index in [-0.39, 0.29) is 11.8 Å². The van der Waals surface area contributed by atoms with Crippen LogP contribution in [0.5, 0.6) is 5.75 Å². The van der Waals surface area contributed by atoms with Gasteiger partial charge in [0, 0.05) is 11.5 Å². The third-order valence-electron chi connectivity index (χ3n) is 11.6. The van der Waals surface area contributed by atoms with Crippen molar-refractivity contribution in [2.75, 3.05) is 0 Å². The van der Waals surface area contributed by atoms with E-state index in [1.807, 2.05) is 0 Å². The summed E-state index contributed by atoms with van der Waals surface area (Å²) in [6.07, 6.45) is 11.2. The van der Waals surface area contributed by atoms with Gasteiger partial charge in [-0.05, 0) is 107 Å². The van der Waals surface area contributed by atoms with Crippen LogP contribution in [0.1, 0.15) is 18.4 Å². The second-order valence-corrected chi connectivity index (χ2v) is 14.3. The molecule has 11 rings (SSSR count). The summed E-state index contributed by atoms with van der Waals surface area (Å²) in [7, 11) is 0. The molecule has 0 amide bonds. The normalized spacial score (nSPS) is 17.4. The largest absolute Gasteiger partial charge is 0.461 e. The molecule has 0 saturated carbocycles. The Morgan fingerprint density at radius 3 is 1.46 bits per heavy atom. The number of ether oxygens (including phenoxy) is 1. The summed E-state index contributed by atoms with van der Waals surface area (Å²) in [6.45, 7) is 2.21. The third-order valence-corrected chi connectivity index (χ3v) is 11.6. The molecule has 0 saturated heterocycles. The first-order valence-corrected chi connectivity index (χ1v) is 18.3. The standard InChI is InChI=1S/C51H34O/c1-31-26-29-45-49-34(31)24-13-25-36(49)35-28-27-33(30-46(35)52-45)48-39-18-7-11-22-43(39)51(44-23-12-8-19-40(44)48)50-41-20-9-5-16-37(41)47(32-14-3-2-4-15-32)38-17-6-10-21-42(38)50/h2-30,36,49H,1H3. The van der Waals surface area contributed by atoms with Gasteiger partial charge in [0.05, 0.1) is 5.92 Å². The lowest BCUT2D eigenvalue weighted by Gasteiger charge is -2.39. The predicted molar refractivity (Wildman–Crippen MR) is 219 cm³/mol. The molecule has 0 fully saturated rings. The number of hydrogen-bond acceptors (Lipinski definition) is 1. The maximum absolute atomic E-state index is 6.79. The van der Waals surface area contributed by atoms with Crippen LogP contribution in [0.4, 0.5) is 0 Å². The number of benzene rings is 8. The summed E-state index contributed by atoms with van der Waals surface area (Å²) in [5.74, 6) is 2.50. The second-order valence-electron chi connectivity index (χ2n) is 14.3. The van der Waals surface area contributed by atoms with Gasteiger partial charge in [-0.15, -0.1) is 0 Å². The van der Waals surface area contributed by atoms with Crippen molar-refractivity contribution in [3.63, 3.8) is 0 Å². The minimum absolute atomic E-state index is 0.243. The van der Waals surface area contributed by atoms with E-state index >= 15 is 0 Å². The fraction of sp³-hybridized carbons (Fsp3) is 0.0588. The molecule has 3 aliphatic rings. The van der Waals surface area contributed by atoms with Crippen molar-refractivity contribution < 1.29 is 4.74 Å². The van der Waals surface area contributed by atoms with Crippen molar-refractivity contribution >= 4 is 43.1 Å². The first-order chi connectivity index (χ1) is 25.7. The maximum Gasteiger partial charge on any atom is 0.131 e. The van der Waals surface area contributed by atoms with E-state index in [1.165, 1.54) is 93.2 Å². The Morgan fingerprint density at radius 2 is 0.923 bits per heavy atom. The molecule has 0 bridgehead atoms. The molecule has 2 unspecified atom stereocenters. The molecule has 244 valence electrons. The van der Waals surface area contributed by atoms with Crippen LogP contribution in [-0.2, 0) is 0 Å². The summed E-state index contributed by atoms with van der Waals surface area (Å²) in [5.41, 5.74) is 11.4. The van der Waals surface area contributed by atoms with E-state index in [0.717, 1.165) is 11.5 Å². The molecule has 0 N–H and O–H groups in total.